The van der Waals surface area contributed by atoms with Crippen molar-refractivity contribution in [3.8, 4) is 17.2 Å². The van der Waals surface area contributed by atoms with Gasteiger partial charge in [-0.3, -0.25) is 4.79 Å². The molecule has 6 heteroatoms. The number of benzene rings is 3. The molecule has 0 fully saturated rings. The van der Waals surface area contributed by atoms with Gasteiger partial charge in [-0.2, -0.15) is 0 Å². The Hall–Kier alpha value is -2.95. The fourth-order valence-corrected chi connectivity index (χ4v) is 3.87. The Labute approximate surface area is 191 Å². The number of hydrogen-bond donors (Lipinski definition) is 0. The second-order valence-corrected chi connectivity index (χ2v) is 7.86. The van der Waals surface area contributed by atoms with Crippen LogP contribution in [0.15, 0.2) is 60.4 Å². The largest absolute Gasteiger partial charge is 0.494 e. The van der Waals surface area contributed by atoms with Gasteiger partial charge in [-0.15, -0.1) is 0 Å². The summed E-state index contributed by atoms with van der Waals surface area (Å²) in [6.07, 6.45) is 1.72. The molecule has 0 saturated heterocycles. The van der Waals surface area contributed by atoms with Crippen molar-refractivity contribution < 1.29 is 19.0 Å². The van der Waals surface area contributed by atoms with Crippen molar-refractivity contribution >= 4 is 35.1 Å². The lowest BCUT2D eigenvalue weighted by Crippen LogP contribution is -2.00. The Kier molecular flexibility index (Phi) is 6.21. The molecular weight excluding hydrogens is 435 g/mol. The van der Waals surface area contributed by atoms with Crippen molar-refractivity contribution in [1.29, 1.82) is 0 Å². The molecule has 3 aromatic rings. The number of hydrogen-bond acceptors (Lipinski definition) is 4. The van der Waals surface area contributed by atoms with Crippen molar-refractivity contribution in [3.63, 3.8) is 0 Å². The molecule has 4 nitrogen and oxygen atoms in total. The summed E-state index contributed by atoms with van der Waals surface area (Å²) in [5.74, 6) is 1.95. The predicted octanol–water partition coefficient (Wildman–Crippen LogP) is 6.90. The highest BCUT2D eigenvalue weighted by Crippen LogP contribution is 2.38. The first-order valence-corrected chi connectivity index (χ1v) is 10.6. The summed E-state index contributed by atoms with van der Waals surface area (Å²) in [4.78, 5) is 12.9. The zero-order valence-corrected chi connectivity index (χ0v) is 18.6. The normalized spacial score (nSPS) is 13.8. The zero-order chi connectivity index (χ0) is 22.0. The first-order chi connectivity index (χ1) is 15.0. The van der Waals surface area contributed by atoms with E-state index in [1.165, 1.54) is 0 Å². The number of aryl methyl sites for hydroxylation is 1. The third kappa shape index (κ3) is 4.55. The van der Waals surface area contributed by atoms with E-state index in [9.17, 15) is 4.79 Å². The monoisotopic (exact) mass is 454 g/mol. The van der Waals surface area contributed by atoms with Crippen LogP contribution in [0.2, 0.25) is 10.0 Å². The number of carbonyl (C=O) groups is 1. The Morgan fingerprint density at radius 2 is 1.68 bits per heavy atom. The predicted molar refractivity (Wildman–Crippen MR) is 123 cm³/mol. The highest BCUT2D eigenvalue weighted by atomic mass is 35.5. The van der Waals surface area contributed by atoms with Crippen LogP contribution in [-0.4, -0.2) is 12.4 Å². The molecule has 1 aliphatic heterocycles. The molecule has 158 valence electrons. The molecule has 0 radical (unpaired) electrons. The summed E-state index contributed by atoms with van der Waals surface area (Å²) in [7, 11) is 0. The Bertz CT molecular complexity index is 1150. The van der Waals surface area contributed by atoms with Crippen molar-refractivity contribution in [2.24, 2.45) is 0 Å². The SMILES string of the molecule is CCOc1ccc(/C=C2\Oc3cc(OCc4c(Cl)cccc4Cl)cc(C)c3C2=O)cc1. The molecule has 0 atom stereocenters. The van der Waals surface area contributed by atoms with Crippen LogP contribution in [0, 0.1) is 6.92 Å². The number of rotatable bonds is 6. The number of carbonyl (C=O) groups excluding carboxylic acids is 1. The maximum absolute atomic E-state index is 12.9. The van der Waals surface area contributed by atoms with Crippen LogP contribution >= 0.6 is 23.2 Å². The fourth-order valence-electron chi connectivity index (χ4n) is 3.36. The van der Waals surface area contributed by atoms with E-state index in [0.29, 0.717) is 39.3 Å². The molecule has 0 spiro atoms. The Morgan fingerprint density at radius 3 is 2.35 bits per heavy atom. The smallest absolute Gasteiger partial charge is 0.232 e. The number of Topliss-reactive ketones (excluding diaryl/α,β-unsaturated/α-hetero) is 1. The fraction of sp³-hybridized carbons (Fsp3) is 0.160. The molecule has 0 aromatic heterocycles. The molecule has 0 N–H and O–H groups in total. The van der Waals surface area contributed by atoms with Crippen molar-refractivity contribution in [1.82, 2.24) is 0 Å². The third-order valence-corrected chi connectivity index (χ3v) is 5.59. The minimum absolute atomic E-state index is 0.151. The van der Waals surface area contributed by atoms with E-state index in [0.717, 1.165) is 16.9 Å². The lowest BCUT2D eigenvalue weighted by Gasteiger charge is -2.11. The molecule has 0 amide bonds. The summed E-state index contributed by atoms with van der Waals surface area (Å²) in [5.41, 5.74) is 2.87. The van der Waals surface area contributed by atoms with Crippen LogP contribution < -0.4 is 14.2 Å². The molecule has 3 aromatic carbocycles. The number of ether oxygens (including phenoxy) is 3. The molecule has 31 heavy (non-hydrogen) atoms. The Morgan fingerprint density at radius 1 is 0.968 bits per heavy atom. The molecule has 1 aliphatic rings. The maximum atomic E-state index is 12.9. The minimum Gasteiger partial charge on any atom is -0.494 e. The summed E-state index contributed by atoms with van der Waals surface area (Å²) in [6, 6.07) is 16.3. The van der Waals surface area contributed by atoms with Crippen LogP contribution in [0.25, 0.3) is 6.08 Å². The first-order valence-electron chi connectivity index (χ1n) is 9.83. The average molecular weight is 455 g/mol. The van der Waals surface area contributed by atoms with Gasteiger partial charge in [-0.05, 0) is 61.4 Å². The van der Waals surface area contributed by atoms with Gasteiger partial charge in [0.15, 0.2) is 5.76 Å². The van der Waals surface area contributed by atoms with E-state index >= 15 is 0 Å². The van der Waals surface area contributed by atoms with Gasteiger partial charge in [-0.25, -0.2) is 0 Å². The highest BCUT2D eigenvalue weighted by Gasteiger charge is 2.30. The van der Waals surface area contributed by atoms with Gasteiger partial charge in [0.25, 0.3) is 0 Å². The van der Waals surface area contributed by atoms with Gasteiger partial charge in [0.2, 0.25) is 5.78 Å². The number of fused-ring (bicyclic) bond motifs is 1. The first kappa shape index (κ1) is 21.3. The van der Waals surface area contributed by atoms with E-state index in [-0.39, 0.29) is 18.1 Å². The molecule has 0 bridgehead atoms. The number of ketones is 1. The number of allylic oxidation sites excluding steroid dienone is 1. The van der Waals surface area contributed by atoms with Crippen molar-refractivity contribution in [3.05, 3.63) is 92.7 Å². The summed E-state index contributed by atoms with van der Waals surface area (Å²) >= 11 is 12.4. The van der Waals surface area contributed by atoms with E-state index in [2.05, 4.69) is 0 Å². The summed E-state index contributed by atoms with van der Waals surface area (Å²) in [5, 5.41) is 1.08. The van der Waals surface area contributed by atoms with Gasteiger partial charge in [0.1, 0.15) is 23.9 Å². The topological polar surface area (TPSA) is 44.8 Å². The lowest BCUT2D eigenvalue weighted by atomic mass is 10.0. The van der Waals surface area contributed by atoms with E-state index in [4.69, 9.17) is 37.4 Å². The van der Waals surface area contributed by atoms with Gasteiger partial charge in [-0.1, -0.05) is 41.4 Å². The molecule has 0 aliphatic carbocycles. The van der Waals surface area contributed by atoms with E-state index < -0.39 is 0 Å². The van der Waals surface area contributed by atoms with Gasteiger partial charge < -0.3 is 14.2 Å². The molecular formula is C25H20Cl2O4. The summed E-state index contributed by atoms with van der Waals surface area (Å²) in [6.45, 7) is 4.60. The van der Waals surface area contributed by atoms with Crippen LogP contribution in [0.5, 0.6) is 17.2 Å². The highest BCUT2D eigenvalue weighted by molar-refractivity contribution is 6.35. The second kappa shape index (κ2) is 9.04. The van der Waals surface area contributed by atoms with Crippen LogP contribution in [0.4, 0.5) is 0 Å². The Balaban J connectivity index is 1.54. The van der Waals surface area contributed by atoms with Gasteiger partial charge in [0, 0.05) is 21.7 Å². The van der Waals surface area contributed by atoms with Crippen LogP contribution in [0.3, 0.4) is 0 Å². The molecule has 1 heterocycles. The van der Waals surface area contributed by atoms with Gasteiger partial charge in [0.05, 0.1) is 12.2 Å². The average Bonchev–Trinajstić information content (AvgIpc) is 3.05. The quantitative estimate of drug-likeness (QED) is 0.380. The lowest BCUT2D eigenvalue weighted by molar-refractivity contribution is 0.101. The van der Waals surface area contributed by atoms with Crippen LogP contribution in [-0.2, 0) is 6.61 Å². The second-order valence-electron chi connectivity index (χ2n) is 7.04. The van der Waals surface area contributed by atoms with Crippen molar-refractivity contribution in [2.45, 2.75) is 20.5 Å². The zero-order valence-electron chi connectivity index (χ0n) is 17.1. The third-order valence-electron chi connectivity index (χ3n) is 4.88. The van der Waals surface area contributed by atoms with E-state index in [1.54, 1.807) is 30.3 Å². The molecule has 0 saturated carbocycles. The molecule has 0 unspecified atom stereocenters. The number of halogens is 2. The van der Waals surface area contributed by atoms with Crippen molar-refractivity contribution in [2.75, 3.05) is 6.61 Å². The standard InChI is InChI=1S/C25H20Cl2O4/c1-3-29-17-9-7-16(8-10-17)12-23-25(28)24-15(2)11-18(13-22(24)31-23)30-14-19-20(26)5-4-6-21(19)27/h4-13H,3,14H2,1-2H3/b23-12-. The van der Waals surface area contributed by atoms with E-state index in [1.807, 2.05) is 44.2 Å². The van der Waals surface area contributed by atoms with Crippen LogP contribution in [0.1, 0.15) is 34.0 Å². The minimum atomic E-state index is -0.151. The molecule has 4 rings (SSSR count). The summed E-state index contributed by atoms with van der Waals surface area (Å²) < 4.78 is 17.2. The maximum Gasteiger partial charge on any atom is 0.232 e. The van der Waals surface area contributed by atoms with Gasteiger partial charge >= 0.3 is 0 Å².